The van der Waals surface area contributed by atoms with Gasteiger partial charge in [0.15, 0.2) is 0 Å². The van der Waals surface area contributed by atoms with E-state index in [4.69, 9.17) is 0 Å². The quantitative estimate of drug-likeness (QED) is 0.519. The zero-order chi connectivity index (χ0) is 14.1. The Labute approximate surface area is 127 Å². The van der Waals surface area contributed by atoms with Crippen molar-refractivity contribution in [1.29, 1.82) is 0 Å². The lowest BCUT2D eigenvalue weighted by Crippen LogP contribution is -2.00. The van der Waals surface area contributed by atoms with E-state index in [1.807, 2.05) is 11.3 Å². The molecule has 2 aromatic heterocycles. The summed E-state index contributed by atoms with van der Waals surface area (Å²) in [4.78, 5) is 4.79. The molecule has 0 amide bonds. The molecule has 0 fully saturated rings. The number of nitrogens with one attached hydrogen (secondary N) is 1. The number of H-pyrrole nitrogens is 1. The normalized spacial score (nSPS) is 12.6. The summed E-state index contributed by atoms with van der Waals surface area (Å²) in [6, 6.07) is 23.6. The number of hydrogen-bond acceptors (Lipinski definition) is 1. The minimum atomic E-state index is 0.294. The van der Waals surface area contributed by atoms with Crippen molar-refractivity contribution in [3.8, 4) is 0 Å². The molecular weight excluding hydrogens is 274 g/mol. The maximum atomic E-state index is 3.40. The number of aromatic amines is 1. The Bertz CT molecular complexity index is 844. The zero-order valence-corrected chi connectivity index (χ0v) is 12.3. The molecule has 4 aromatic rings. The van der Waals surface area contributed by atoms with E-state index >= 15 is 0 Å². The molecule has 2 aromatic carbocycles. The van der Waals surface area contributed by atoms with Gasteiger partial charge in [0.1, 0.15) is 0 Å². The fourth-order valence-corrected chi connectivity index (χ4v) is 3.80. The van der Waals surface area contributed by atoms with Crippen LogP contribution in [-0.2, 0) is 0 Å². The van der Waals surface area contributed by atoms with Crippen LogP contribution in [0.25, 0.3) is 10.9 Å². The third kappa shape index (κ3) is 2.18. The van der Waals surface area contributed by atoms with E-state index in [0.717, 1.165) is 0 Å². The van der Waals surface area contributed by atoms with Crippen LogP contribution in [0.5, 0.6) is 0 Å². The highest BCUT2D eigenvalue weighted by Crippen LogP contribution is 2.37. The van der Waals surface area contributed by atoms with Crippen molar-refractivity contribution in [2.45, 2.75) is 5.92 Å². The Kier molecular flexibility index (Phi) is 3.09. The molecule has 102 valence electrons. The van der Waals surface area contributed by atoms with Crippen molar-refractivity contribution in [1.82, 2.24) is 4.98 Å². The van der Waals surface area contributed by atoms with Gasteiger partial charge in [-0.25, -0.2) is 0 Å². The molecule has 2 heterocycles. The lowest BCUT2D eigenvalue weighted by Gasteiger charge is -2.15. The number of para-hydroxylation sites is 1. The summed E-state index contributed by atoms with van der Waals surface area (Å²) >= 11 is 1.82. The van der Waals surface area contributed by atoms with Crippen LogP contribution < -0.4 is 0 Å². The van der Waals surface area contributed by atoms with E-state index in [1.54, 1.807) is 0 Å². The van der Waals surface area contributed by atoms with Gasteiger partial charge in [-0.15, -0.1) is 11.3 Å². The summed E-state index contributed by atoms with van der Waals surface area (Å²) in [5, 5.41) is 3.46. The van der Waals surface area contributed by atoms with Crippen molar-refractivity contribution in [2.75, 3.05) is 0 Å². The van der Waals surface area contributed by atoms with Gasteiger partial charge in [0.05, 0.1) is 0 Å². The van der Waals surface area contributed by atoms with Gasteiger partial charge in [-0.2, -0.15) is 0 Å². The van der Waals surface area contributed by atoms with Crippen LogP contribution in [0.15, 0.2) is 78.3 Å². The summed E-state index contributed by atoms with van der Waals surface area (Å²) in [6.45, 7) is 0. The predicted octanol–water partition coefficient (Wildman–Crippen LogP) is 5.41. The molecule has 0 aliphatic rings. The van der Waals surface area contributed by atoms with E-state index in [2.05, 4.69) is 83.3 Å². The number of fused-ring (bicyclic) bond motifs is 1. The molecule has 1 N–H and O–H groups in total. The Balaban J connectivity index is 1.95. The Morgan fingerprint density at radius 2 is 1.62 bits per heavy atom. The Morgan fingerprint density at radius 3 is 2.43 bits per heavy atom. The van der Waals surface area contributed by atoms with Crippen LogP contribution in [0.4, 0.5) is 0 Å². The topological polar surface area (TPSA) is 15.8 Å². The van der Waals surface area contributed by atoms with Crippen molar-refractivity contribution in [3.63, 3.8) is 0 Å². The number of rotatable bonds is 3. The molecule has 0 aliphatic carbocycles. The first-order valence-corrected chi connectivity index (χ1v) is 7.96. The van der Waals surface area contributed by atoms with Gasteiger partial charge < -0.3 is 4.98 Å². The Morgan fingerprint density at radius 1 is 0.810 bits per heavy atom. The summed E-state index contributed by atoms with van der Waals surface area (Å²) in [6.07, 6.45) is 2.15. The lowest BCUT2D eigenvalue weighted by molar-refractivity contribution is 1.02. The van der Waals surface area contributed by atoms with Crippen molar-refractivity contribution in [3.05, 3.63) is 94.3 Å². The van der Waals surface area contributed by atoms with Crippen molar-refractivity contribution < 1.29 is 0 Å². The van der Waals surface area contributed by atoms with Gasteiger partial charge in [-0.05, 0) is 28.6 Å². The monoisotopic (exact) mass is 289 g/mol. The lowest BCUT2D eigenvalue weighted by atomic mass is 9.90. The second-order valence-electron chi connectivity index (χ2n) is 5.15. The summed E-state index contributed by atoms with van der Waals surface area (Å²) in [5.74, 6) is 0.294. The molecule has 0 spiro atoms. The maximum absolute atomic E-state index is 3.40. The number of aromatic nitrogens is 1. The van der Waals surface area contributed by atoms with Gasteiger partial charge in [0.25, 0.3) is 0 Å². The molecule has 0 saturated carbocycles. The zero-order valence-electron chi connectivity index (χ0n) is 11.5. The fraction of sp³-hybridized carbons (Fsp3) is 0.0526. The largest absolute Gasteiger partial charge is 0.361 e. The average molecular weight is 289 g/mol. The number of benzene rings is 2. The van der Waals surface area contributed by atoms with E-state index in [-0.39, 0.29) is 0 Å². The number of hydrogen-bond donors (Lipinski definition) is 1. The minimum Gasteiger partial charge on any atom is -0.361 e. The van der Waals surface area contributed by atoms with Crippen LogP contribution >= 0.6 is 11.3 Å². The average Bonchev–Trinajstić information content (AvgIpc) is 3.20. The van der Waals surface area contributed by atoms with Gasteiger partial charge in [0, 0.05) is 27.9 Å². The smallest absolute Gasteiger partial charge is 0.0457 e. The highest BCUT2D eigenvalue weighted by molar-refractivity contribution is 7.10. The second-order valence-corrected chi connectivity index (χ2v) is 6.13. The SMILES string of the molecule is c1ccc(C(c2cccs2)c2c[nH]c3ccccc23)cc1. The van der Waals surface area contributed by atoms with Crippen LogP contribution in [0, 0.1) is 0 Å². The van der Waals surface area contributed by atoms with Gasteiger partial charge in [0.2, 0.25) is 0 Å². The molecule has 0 saturated heterocycles. The standard InChI is InChI=1S/C19H15NS/c1-2-7-14(8-3-1)19(18-11-6-12-21-18)16-13-20-17-10-5-4-9-15(16)17/h1-13,19-20H. The van der Waals surface area contributed by atoms with Gasteiger partial charge in [-0.1, -0.05) is 54.6 Å². The van der Waals surface area contributed by atoms with Crippen LogP contribution in [0.2, 0.25) is 0 Å². The fourth-order valence-electron chi connectivity index (χ4n) is 2.93. The highest BCUT2D eigenvalue weighted by Gasteiger charge is 2.20. The summed E-state index contributed by atoms with van der Waals surface area (Å²) < 4.78 is 0. The van der Waals surface area contributed by atoms with Crippen LogP contribution in [-0.4, -0.2) is 4.98 Å². The molecular formula is C19H15NS. The van der Waals surface area contributed by atoms with Crippen molar-refractivity contribution in [2.24, 2.45) is 0 Å². The van der Waals surface area contributed by atoms with Crippen LogP contribution in [0.1, 0.15) is 21.9 Å². The van der Waals surface area contributed by atoms with Gasteiger partial charge in [-0.3, -0.25) is 0 Å². The van der Waals surface area contributed by atoms with Crippen LogP contribution in [0.3, 0.4) is 0 Å². The summed E-state index contributed by atoms with van der Waals surface area (Å²) in [5.41, 5.74) is 3.88. The molecule has 0 aliphatic heterocycles. The second kappa shape index (κ2) is 5.23. The maximum Gasteiger partial charge on any atom is 0.0457 e. The van der Waals surface area contributed by atoms with E-state index in [9.17, 15) is 0 Å². The van der Waals surface area contributed by atoms with E-state index in [1.165, 1.54) is 26.9 Å². The van der Waals surface area contributed by atoms with E-state index < -0.39 is 0 Å². The molecule has 21 heavy (non-hydrogen) atoms. The first-order valence-electron chi connectivity index (χ1n) is 7.08. The molecule has 1 nitrogen and oxygen atoms in total. The molecule has 0 bridgehead atoms. The Hall–Kier alpha value is -2.32. The third-order valence-corrected chi connectivity index (χ3v) is 4.83. The van der Waals surface area contributed by atoms with E-state index in [0.29, 0.717) is 5.92 Å². The molecule has 1 atom stereocenters. The minimum absolute atomic E-state index is 0.294. The predicted molar refractivity (Wildman–Crippen MR) is 90.0 cm³/mol. The summed E-state index contributed by atoms with van der Waals surface area (Å²) in [7, 11) is 0. The van der Waals surface area contributed by atoms with Gasteiger partial charge >= 0.3 is 0 Å². The first kappa shape index (κ1) is 12.4. The highest BCUT2D eigenvalue weighted by atomic mass is 32.1. The molecule has 1 unspecified atom stereocenters. The number of thiophene rings is 1. The molecule has 0 radical (unpaired) electrons. The van der Waals surface area contributed by atoms with Crippen molar-refractivity contribution >= 4 is 22.2 Å². The first-order chi connectivity index (χ1) is 10.4. The molecule has 2 heteroatoms. The molecule has 4 rings (SSSR count). The third-order valence-electron chi connectivity index (χ3n) is 3.89.